The van der Waals surface area contributed by atoms with Gasteiger partial charge in [0, 0.05) is 10.9 Å². The highest BCUT2D eigenvalue weighted by atomic mass is 32.1. The van der Waals surface area contributed by atoms with Crippen LogP contribution in [0.1, 0.15) is 12.5 Å². The highest BCUT2D eigenvalue weighted by Crippen LogP contribution is 2.33. The number of hydrogen-bond donors (Lipinski definition) is 2. The van der Waals surface area contributed by atoms with Gasteiger partial charge in [0.15, 0.2) is 18.1 Å². The normalized spacial score (nSPS) is 13.6. The molecular formula is C23H22N4O4S. The third-order valence-electron chi connectivity index (χ3n) is 4.60. The van der Waals surface area contributed by atoms with E-state index in [0.717, 1.165) is 16.8 Å². The van der Waals surface area contributed by atoms with E-state index in [2.05, 4.69) is 22.0 Å². The second-order valence-electron chi connectivity index (χ2n) is 7.21. The van der Waals surface area contributed by atoms with Gasteiger partial charge in [0.1, 0.15) is 5.75 Å². The first-order valence-electron chi connectivity index (χ1n) is 9.78. The van der Waals surface area contributed by atoms with Crippen molar-refractivity contribution in [1.82, 2.24) is 4.68 Å². The Morgan fingerprint density at radius 2 is 2.22 bits per heavy atom. The number of thiazole rings is 1. The van der Waals surface area contributed by atoms with Gasteiger partial charge >= 0.3 is 0 Å². The zero-order valence-electron chi connectivity index (χ0n) is 17.7. The highest BCUT2D eigenvalue weighted by molar-refractivity contribution is 7.07. The van der Waals surface area contributed by atoms with Crippen LogP contribution in [-0.4, -0.2) is 42.2 Å². The van der Waals surface area contributed by atoms with E-state index in [1.165, 1.54) is 18.4 Å². The number of anilines is 1. The summed E-state index contributed by atoms with van der Waals surface area (Å²) >= 11 is 1.45. The largest absolute Gasteiger partial charge is 0.504 e. The number of benzene rings is 2. The van der Waals surface area contributed by atoms with Crippen LogP contribution in [0.15, 0.2) is 64.0 Å². The van der Waals surface area contributed by atoms with E-state index in [9.17, 15) is 9.90 Å². The smallest absolute Gasteiger partial charge is 0.262 e. The Morgan fingerprint density at radius 3 is 2.97 bits per heavy atom. The number of amides is 1. The van der Waals surface area contributed by atoms with E-state index in [4.69, 9.17) is 9.47 Å². The summed E-state index contributed by atoms with van der Waals surface area (Å²) < 4.78 is 12.3. The Bertz CT molecular complexity index is 1290. The molecule has 32 heavy (non-hydrogen) atoms. The molecule has 1 aliphatic heterocycles. The molecule has 9 heteroatoms. The van der Waals surface area contributed by atoms with Crippen LogP contribution < -0.4 is 19.6 Å². The number of hydrogen-bond acceptors (Lipinski definition) is 7. The standard InChI is InChI=1S/C23H22N4O4S/c1-14(2)10-24-23-27(25-11-15-4-6-21(30-3)19(28)8-15)18(13-32-23)16-5-7-20-17(9-16)26-22(29)12-31-20/h4-9,11,13,28H,1,10,12H2,2-3H3,(H,26,29). The van der Waals surface area contributed by atoms with Crippen molar-refractivity contribution in [3.63, 3.8) is 0 Å². The average molecular weight is 451 g/mol. The fourth-order valence-electron chi connectivity index (χ4n) is 3.07. The van der Waals surface area contributed by atoms with Crippen molar-refractivity contribution in [2.24, 2.45) is 10.1 Å². The van der Waals surface area contributed by atoms with Crippen LogP contribution in [0, 0.1) is 0 Å². The molecule has 2 N–H and O–H groups in total. The van der Waals surface area contributed by atoms with Crippen molar-refractivity contribution < 1.29 is 19.4 Å². The van der Waals surface area contributed by atoms with E-state index in [-0.39, 0.29) is 18.3 Å². The van der Waals surface area contributed by atoms with Crippen LogP contribution in [0.25, 0.3) is 11.3 Å². The number of phenols is 1. The number of aromatic nitrogens is 1. The molecule has 0 spiro atoms. The Labute approximate surface area is 188 Å². The van der Waals surface area contributed by atoms with Crippen molar-refractivity contribution in [2.75, 3.05) is 25.6 Å². The van der Waals surface area contributed by atoms with Gasteiger partial charge in [-0.15, -0.1) is 11.3 Å². The number of carbonyl (C=O) groups is 1. The van der Waals surface area contributed by atoms with Crippen LogP contribution in [0.2, 0.25) is 0 Å². The second kappa shape index (κ2) is 9.11. The van der Waals surface area contributed by atoms with E-state index < -0.39 is 0 Å². The molecule has 0 atom stereocenters. The van der Waals surface area contributed by atoms with E-state index in [1.807, 2.05) is 30.5 Å². The van der Waals surface area contributed by atoms with Crippen LogP contribution in [0.3, 0.4) is 0 Å². The molecule has 4 rings (SSSR count). The summed E-state index contributed by atoms with van der Waals surface area (Å²) in [6.45, 7) is 6.31. The second-order valence-corrected chi connectivity index (χ2v) is 8.05. The predicted molar refractivity (Wildman–Crippen MR) is 125 cm³/mol. The first-order valence-corrected chi connectivity index (χ1v) is 10.7. The highest BCUT2D eigenvalue weighted by Gasteiger charge is 2.17. The summed E-state index contributed by atoms with van der Waals surface area (Å²) in [5.41, 5.74) is 3.89. The molecule has 0 bridgehead atoms. The summed E-state index contributed by atoms with van der Waals surface area (Å²) in [7, 11) is 1.50. The molecule has 1 amide bonds. The molecule has 0 saturated carbocycles. The van der Waals surface area contributed by atoms with Gasteiger partial charge in [-0.05, 0) is 48.9 Å². The molecule has 2 aromatic carbocycles. The van der Waals surface area contributed by atoms with E-state index >= 15 is 0 Å². The van der Waals surface area contributed by atoms with Gasteiger partial charge in [-0.3, -0.25) is 9.79 Å². The number of ether oxygens (including phenoxy) is 2. The van der Waals surface area contributed by atoms with Crippen molar-refractivity contribution in [3.8, 4) is 28.5 Å². The van der Waals surface area contributed by atoms with Crippen molar-refractivity contribution >= 4 is 29.1 Å². The molecule has 3 aromatic rings. The number of nitrogens with one attached hydrogen (secondary N) is 1. The number of phenolic OH excluding ortho intramolecular Hbond substituents is 1. The zero-order valence-corrected chi connectivity index (χ0v) is 18.5. The molecular weight excluding hydrogens is 428 g/mol. The van der Waals surface area contributed by atoms with Gasteiger partial charge < -0.3 is 19.9 Å². The summed E-state index contributed by atoms with van der Waals surface area (Å²) in [6, 6.07) is 10.6. The van der Waals surface area contributed by atoms with Crippen LogP contribution in [0.5, 0.6) is 17.2 Å². The molecule has 2 heterocycles. The third kappa shape index (κ3) is 4.57. The molecule has 0 saturated heterocycles. The first kappa shape index (κ1) is 21.4. The van der Waals surface area contributed by atoms with E-state index in [0.29, 0.717) is 34.1 Å². The van der Waals surface area contributed by atoms with Gasteiger partial charge in [0.25, 0.3) is 5.91 Å². The Morgan fingerprint density at radius 1 is 1.38 bits per heavy atom. The summed E-state index contributed by atoms with van der Waals surface area (Å²) in [5, 5.41) is 19.5. The van der Waals surface area contributed by atoms with Crippen LogP contribution in [-0.2, 0) is 4.79 Å². The average Bonchev–Trinajstić information content (AvgIpc) is 3.18. The molecule has 0 unspecified atom stereocenters. The summed E-state index contributed by atoms with van der Waals surface area (Å²) in [6.07, 6.45) is 1.64. The summed E-state index contributed by atoms with van der Waals surface area (Å²) in [4.78, 5) is 17.0. The molecule has 0 aliphatic carbocycles. The van der Waals surface area contributed by atoms with Gasteiger partial charge in [-0.25, -0.2) is 4.68 Å². The molecule has 0 fully saturated rings. The monoisotopic (exact) mass is 450 g/mol. The third-order valence-corrected chi connectivity index (χ3v) is 5.46. The molecule has 8 nitrogen and oxygen atoms in total. The molecule has 1 aromatic heterocycles. The summed E-state index contributed by atoms with van der Waals surface area (Å²) in [5.74, 6) is 0.855. The van der Waals surface area contributed by atoms with Gasteiger partial charge in [0.2, 0.25) is 4.80 Å². The molecule has 164 valence electrons. The number of nitrogens with zero attached hydrogens (tertiary/aromatic N) is 3. The van der Waals surface area contributed by atoms with Gasteiger partial charge in [-0.2, -0.15) is 5.10 Å². The predicted octanol–water partition coefficient (Wildman–Crippen LogP) is 3.62. The van der Waals surface area contributed by atoms with Crippen LogP contribution in [0.4, 0.5) is 5.69 Å². The number of rotatable bonds is 6. The van der Waals surface area contributed by atoms with Crippen molar-refractivity contribution in [3.05, 3.63) is 64.3 Å². The van der Waals surface area contributed by atoms with Crippen LogP contribution >= 0.6 is 11.3 Å². The molecule has 0 radical (unpaired) electrons. The van der Waals surface area contributed by atoms with Gasteiger partial charge in [0.05, 0.1) is 31.3 Å². The minimum Gasteiger partial charge on any atom is -0.504 e. The maximum atomic E-state index is 11.7. The Kier molecular flexibility index (Phi) is 6.09. The van der Waals surface area contributed by atoms with Gasteiger partial charge in [-0.1, -0.05) is 12.2 Å². The SMILES string of the molecule is C=C(C)CN=c1scc(-c2ccc3c(c2)NC(=O)CO3)n1N=Cc1ccc(OC)c(O)c1. The topological polar surface area (TPSA) is 97.4 Å². The Hall–Kier alpha value is -3.85. The first-order chi connectivity index (χ1) is 15.4. The lowest BCUT2D eigenvalue weighted by Gasteiger charge is -2.18. The number of fused-ring (bicyclic) bond motifs is 1. The number of carbonyl (C=O) groups excluding carboxylic acids is 1. The zero-order chi connectivity index (χ0) is 22.7. The lowest BCUT2D eigenvalue weighted by Crippen LogP contribution is -2.25. The fraction of sp³-hybridized carbons (Fsp3) is 0.174. The van der Waals surface area contributed by atoms with Crippen molar-refractivity contribution in [2.45, 2.75) is 6.92 Å². The number of methoxy groups -OCH3 is 1. The van der Waals surface area contributed by atoms with Crippen molar-refractivity contribution in [1.29, 1.82) is 0 Å². The lowest BCUT2D eigenvalue weighted by molar-refractivity contribution is -0.118. The fourth-order valence-corrected chi connectivity index (χ4v) is 3.91. The maximum absolute atomic E-state index is 11.7. The quantitative estimate of drug-likeness (QED) is 0.443. The maximum Gasteiger partial charge on any atom is 0.262 e. The Balaban J connectivity index is 1.76. The minimum atomic E-state index is -0.192. The lowest BCUT2D eigenvalue weighted by atomic mass is 10.1. The van der Waals surface area contributed by atoms with E-state index in [1.54, 1.807) is 29.1 Å². The minimum absolute atomic E-state index is 0.00767. The molecule has 1 aliphatic rings. The number of aromatic hydroxyl groups is 1.